The molecule has 5 unspecified atom stereocenters. The molecule has 0 aromatic heterocycles. The third kappa shape index (κ3) is 106. The van der Waals surface area contributed by atoms with E-state index in [1.54, 1.807) is 12.0 Å². The molecular weight excluding hydrogens is 1230 g/mol. The maximum atomic E-state index is 12.6. The number of likely N-dealkylation sites (tertiary alicyclic amines) is 1. The molecule has 1 rings (SSSR count). The molecule has 0 aromatic carbocycles. The van der Waals surface area contributed by atoms with Crippen LogP contribution in [0.5, 0.6) is 0 Å². The number of carbonyl (C=O) groups excluding carboxylic acids is 6. The van der Waals surface area contributed by atoms with Crippen molar-refractivity contribution < 1.29 is 52.5 Å². The minimum absolute atomic E-state index is 0.0657. The first-order valence-corrected chi connectivity index (χ1v) is 42.6. The summed E-state index contributed by atoms with van der Waals surface area (Å²) in [6.45, 7) is 56.1. The van der Waals surface area contributed by atoms with Crippen LogP contribution in [0.1, 0.15) is 436 Å². The van der Waals surface area contributed by atoms with Gasteiger partial charge < -0.3 is 14.3 Å². The van der Waals surface area contributed by atoms with E-state index in [1.165, 1.54) is 174 Å². The molecule has 0 aromatic rings. The summed E-state index contributed by atoms with van der Waals surface area (Å²) >= 11 is 0. The topological polar surface area (TPSA) is 152 Å². The number of carbonyl (C=O) groups is 6. The van der Waals surface area contributed by atoms with Gasteiger partial charge in [0.1, 0.15) is 12.1 Å². The quantitative estimate of drug-likeness (QED) is 0.0188. The minimum Gasteiger partial charge on any atom is -0.303 e. The molecule has 13 heteroatoms. The molecule has 12 nitrogen and oxygen atoms in total. The molecule has 1 saturated heterocycles. The fraction of sp³-hybridized carbons (Fsp3) is 0.919. The number of esters is 3. The van der Waals surface area contributed by atoms with Crippen molar-refractivity contribution in [2.24, 2.45) is 23.7 Å². The number of aldehydes is 1. The summed E-state index contributed by atoms with van der Waals surface area (Å²) in [6, 6.07) is -0.0885. The van der Waals surface area contributed by atoms with Crippen LogP contribution >= 0.6 is 0 Å². The van der Waals surface area contributed by atoms with E-state index in [0.717, 1.165) is 89.7 Å². The number of nitrogens with zero attached hydrogens (tertiary/aromatic N) is 1. The number of unbranched alkanes of at least 4 members (excludes halogenated alkanes) is 26. The van der Waals surface area contributed by atoms with Gasteiger partial charge >= 0.3 is 194 Å². The van der Waals surface area contributed by atoms with Gasteiger partial charge in [-0.15, -0.1) is 0 Å². The zero-order valence-electron chi connectivity index (χ0n) is 72.3. The Balaban J connectivity index is -0.000000117. The van der Waals surface area contributed by atoms with Gasteiger partial charge in [0.05, 0.1) is 20.1 Å². The van der Waals surface area contributed by atoms with Crippen LogP contribution in [0.15, 0.2) is 0 Å². The number of ketones is 1. The molecule has 1 heterocycles. The fourth-order valence-electron chi connectivity index (χ4n) is 9.46. The predicted octanol–water partition coefficient (Wildman–Crippen LogP) is 27.2. The second kappa shape index (κ2) is 116. The van der Waals surface area contributed by atoms with E-state index in [9.17, 15) is 28.8 Å². The SMILES string of the molecule is CC.CC.CC.CC.CC.CC.CC.CCCC.CCCCCCCCC(=O)C(C)CC.CCCCCCCCC(=O)OCC(CC)CC(=O)OC.CCCCCCCCC=BCC(COC)CC(=O)OCC1CCCN1C(=O)OCC(C)CCCCCC.CCCCCCCCC=O. The van der Waals surface area contributed by atoms with Crippen LogP contribution in [0.25, 0.3) is 0 Å². The van der Waals surface area contributed by atoms with Crippen molar-refractivity contribution >= 4 is 49.0 Å². The molecule has 0 radical (unpaired) electrons. The van der Waals surface area contributed by atoms with E-state index in [4.69, 9.17) is 18.9 Å². The Hall–Kier alpha value is -3.09. The number of rotatable bonds is 51. The molecule has 5 atom stereocenters. The van der Waals surface area contributed by atoms with E-state index in [-0.39, 0.29) is 54.4 Å². The molecule has 1 amide bonds. The molecule has 99 heavy (non-hydrogen) atoms. The van der Waals surface area contributed by atoms with Crippen LogP contribution in [0.2, 0.25) is 6.32 Å². The molecule has 600 valence electrons. The molecule has 1 aliphatic heterocycles. The fourth-order valence-corrected chi connectivity index (χ4v) is 9.46. The maximum absolute atomic E-state index is 12.6. The zero-order valence-corrected chi connectivity index (χ0v) is 72.3. The smallest absolute Gasteiger partial charge is 0.303 e. The Morgan fingerprint density at radius 3 is 1.29 bits per heavy atom. The van der Waals surface area contributed by atoms with Gasteiger partial charge in [-0.05, 0) is 38.5 Å². The Labute approximate surface area is 622 Å². The Morgan fingerprint density at radius 2 is 0.869 bits per heavy atom. The number of amides is 1. The number of Topliss-reactive ketones (excluding diaryl/α,β-unsaturated/α-hetero) is 1. The van der Waals surface area contributed by atoms with Crippen LogP contribution in [0.4, 0.5) is 4.79 Å². The second-order valence-electron chi connectivity index (χ2n) is 24.3. The third-order valence-electron chi connectivity index (χ3n) is 15.9. The van der Waals surface area contributed by atoms with Crippen LogP contribution in [0.3, 0.4) is 0 Å². The van der Waals surface area contributed by atoms with E-state index < -0.39 is 0 Å². The van der Waals surface area contributed by atoms with Crippen molar-refractivity contribution in [3.8, 4) is 0 Å². The monoisotopic (exact) mass is 1420 g/mol. The number of methoxy groups -OCH3 is 2. The van der Waals surface area contributed by atoms with Crippen molar-refractivity contribution in [3.63, 3.8) is 0 Å². The molecular formula is C86H182BNO11. The molecule has 0 bridgehead atoms. The number of hydrogen-bond acceptors (Lipinski definition) is 11. The van der Waals surface area contributed by atoms with Gasteiger partial charge in [-0.2, -0.15) is 0 Å². The van der Waals surface area contributed by atoms with E-state index in [1.807, 2.05) is 111 Å². The van der Waals surface area contributed by atoms with Crippen molar-refractivity contribution in [2.45, 2.75) is 449 Å². The molecule has 1 aliphatic rings. The summed E-state index contributed by atoms with van der Waals surface area (Å²) in [5, 5.41) is 0. The summed E-state index contributed by atoms with van der Waals surface area (Å²) < 4.78 is 26.4. The average Bonchev–Trinajstić information content (AvgIpc) is 1.76. The van der Waals surface area contributed by atoms with Crippen molar-refractivity contribution in [3.05, 3.63) is 0 Å². The minimum atomic E-state index is -0.272. The Bertz CT molecular complexity index is 1500. The first-order valence-electron chi connectivity index (χ1n) is 42.6. The van der Waals surface area contributed by atoms with Gasteiger partial charge in [-0.25, -0.2) is 0 Å². The molecule has 0 N–H and O–H groups in total. The molecule has 1 fully saturated rings. The number of ether oxygens (including phenoxy) is 5. The molecule has 0 saturated carbocycles. The van der Waals surface area contributed by atoms with Crippen molar-refractivity contribution in [1.82, 2.24) is 4.90 Å². The third-order valence-corrected chi connectivity index (χ3v) is 15.9. The van der Waals surface area contributed by atoms with Crippen LogP contribution in [-0.4, -0.2) is 107 Å². The van der Waals surface area contributed by atoms with E-state index >= 15 is 0 Å². The van der Waals surface area contributed by atoms with Gasteiger partial charge in [0.2, 0.25) is 0 Å². The summed E-state index contributed by atoms with van der Waals surface area (Å²) in [4.78, 5) is 71.0. The van der Waals surface area contributed by atoms with Crippen LogP contribution < -0.4 is 0 Å². The zero-order chi connectivity index (χ0) is 78.2. The van der Waals surface area contributed by atoms with Gasteiger partial charge in [-0.1, -0.05) is 301 Å². The summed E-state index contributed by atoms with van der Waals surface area (Å²) in [5.74, 6) is 2.92. The second-order valence-corrected chi connectivity index (χ2v) is 24.3. The first kappa shape index (κ1) is 120. The van der Waals surface area contributed by atoms with Gasteiger partial charge in [-0.3, -0.25) is 14.4 Å². The van der Waals surface area contributed by atoms with Gasteiger partial charge in [0, 0.05) is 31.1 Å². The summed E-state index contributed by atoms with van der Waals surface area (Å²) in [6.07, 6.45) is 47.6. The summed E-state index contributed by atoms with van der Waals surface area (Å²) in [5.41, 5.74) is 0. The van der Waals surface area contributed by atoms with Crippen molar-refractivity contribution in [2.75, 3.05) is 47.2 Å². The predicted molar refractivity (Wildman–Crippen MR) is 440 cm³/mol. The Morgan fingerprint density at radius 1 is 0.444 bits per heavy atom. The molecule has 0 aliphatic carbocycles. The number of hydrogen-bond donors (Lipinski definition) is 0. The van der Waals surface area contributed by atoms with Gasteiger partial charge in [0.15, 0.2) is 0 Å². The normalized spacial score (nSPS) is 12.3. The average molecular weight is 1420 g/mol. The van der Waals surface area contributed by atoms with Crippen LogP contribution in [-0.2, 0) is 47.7 Å². The standard InChI is InChI=1S/C30H56BNO5.C16H30O4.C13H26O.C9H18O.C4H10.7C2H6/c1-5-7-9-11-12-13-15-19-31-22-27(24-35-4)21-29(33)36-25-28-18-16-20-32(28)30(34)37-23-26(3)17-14-10-8-6-2;1-4-6-7-8-9-10-11-15(17)20-13-14(5-2)12-16(18)19-3;1-4-6-7-8-9-10-11-13(14)12(3)5-2;1-2-3-4-5-6-7-8-9-10;1-3-4-2;7*1-2/h19,26-28H,5-18,20-25H2,1-4H3;14H,4-13H2,1-3H3;12H,4-11H2,1-3H3;9H,2-8H2,1H3;3-4H2,1-2H3;7*1-2H3. The van der Waals surface area contributed by atoms with E-state index in [2.05, 4.69) is 79.9 Å². The summed E-state index contributed by atoms with van der Waals surface area (Å²) in [7, 11) is 3.05. The molecule has 0 spiro atoms. The first-order chi connectivity index (χ1) is 48.2. The van der Waals surface area contributed by atoms with E-state index in [0.29, 0.717) is 57.3 Å². The van der Waals surface area contributed by atoms with Gasteiger partial charge in [0.25, 0.3) is 0 Å². The van der Waals surface area contributed by atoms with Crippen molar-refractivity contribution in [1.29, 1.82) is 0 Å². The Kier molecular flexibility index (Phi) is 141. The van der Waals surface area contributed by atoms with Crippen LogP contribution in [0, 0.1) is 23.7 Å².